The van der Waals surface area contributed by atoms with Crippen LogP contribution < -0.4 is 15.0 Å². The third-order valence-corrected chi connectivity index (χ3v) is 5.16. The molecule has 3 N–H and O–H groups in total. The lowest BCUT2D eigenvalue weighted by atomic mass is 10.2. The van der Waals surface area contributed by atoms with E-state index in [1.54, 1.807) is 6.07 Å². The van der Waals surface area contributed by atoms with Gasteiger partial charge in [0.15, 0.2) is 0 Å². The number of nitrogens with one attached hydrogen (secondary N) is 1. The lowest BCUT2D eigenvalue weighted by molar-refractivity contribution is -0.832. The first-order chi connectivity index (χ1) is 13.6. The van der Waals surface area contributed by atoms with Crippen LogP contribution in [-0.2, 0) is 24.2 Å². The molecule has 1 amide bonds. The fraction of sp³-hybridized carbons (Fsp3) is 0.267. The van der Waals surface area contributed by atoms with Gasteiger partial charge >= 0.3 is 22.8 Å². The van der Waals surface area contributed by atoms with Crippen LogP contribution in [-0.4, -0.2) is 54.3 Å². The summed E-state index contributed by atoms with van der Waals surface area (Å²) in [4.78, 5) is 32.7. The zero-order valence-electron chi connectivity index (χ0n) is 14.5. The van der Waals surface area contributed by atoms with E-state index in [2.05, 4.69) is 9.79 Å². The molecule has 156 valence electrons. The summed E-state index contributed by atoms with van der Waals surface area (Å²) < 4.78 is 34.4. The molecule has 2 aromatic rings. The molecule has 0 aliphatic rings. The molecule has 13 nitrogen and oxygen atoms in total. The average molecular weight is 429 g/mol. The van der Waals surface area contributed by atoms with Crippen molar-refractivity contribution in [3.05, 3.63) is 35.5 Å². The molecule has 0 spiro atoms. The minimum Gasteiger partial charge on any atom is -0.481 e. The number of hydrogen-bond acceptors (Lipinski definition) is 9. The van der Waals surface area contributed by atoms with E-state index in [1.807, 2.05) is 5.32 Å². The Morgan fingerprint density at radius 1 is 1.24 bits per heavy atom. The van der Waals surface area contributed by atoms with E-state index in [1.165, 1.54) is 24.3 Å². The zero-order valence-corrected chi connectivity index (χ0v) is 15.4. The minimum atomic E-state index is -4.33. The summed E-state index contributed by atoms with van der Waals surface area (Å²) in [7, 11) is -4.33. The number of benzene rings is 1. The third kappa shape index (κ3) is 5.41. The Kier molecular flexibility index (Phi) is 6.71. The lowest BCUT2D eigenvalue weighted by Crippen LogP contribution is -2.42. The lowest BCUT2D eigenvalue weighted by Gasteiger charge is -2.12. The minimum absolute atomic E-state index is 0.214. The average Bonchev–Trinajstić information content (AvgIpc) is 3.02. The second-order valence-electron chi connectivity index (χ2n) is 5.51. The van der Waals surface area contributed by atoms with Gasteiger partial charge in [-0.15, -0.1) is 0 Å². The molecule has 0 unspecified atom stereocenters. The van der Waals surface area contributed by atoms with Crippen molar-refractivity contribution in [2.24, 2.45) is 0 Å². The summed E-state index contributed by atoms with van der Waals surface area (Å²) in [5, 5.41) is 33.5. The van der Waals surface area contributed by atoms with Crippen LogP contribution in [0.1, 0.15) is 12.8 Å². The molecular formula is C15H15N3O10S. The first-order valence-corrected chi connectivity index (χ1v) is 9.38. The number of sulfone groups is 1. The number of rotatable bonds is 10. The molecule has 0 radical (unpaired) electrons. The van der Waals surface area contributed by atoms with Crippen molar-refractivity contribution in [3.63, 3.8) is 0 Å². The van der Waals surface area contributed by atoms with Crippen molar-refractivity contribution in [2.75, 3.05) is 6.61 Å². The van der Waals surface area contributed by atoms with Crippen LogP contribution in [0.4, 0.5) is 0 Å². The normalized spacial score (nSPS) is 12.1. The smallest absolute Gasteiger partial charge is 0.414 e. The maximum Gasteiger partial charge on any atom is 0.414 e. The standard InChI is InChI=1S/C15H15N3O10S/c19-11(16-10(15(22)23)8-12(20)21)6-7-27-13-14(18(24)28-17-13)29(25,26)9-4-2-1-3-5-9/h1-5,10H,6-8H2,(H,16,19)(H,20,21)(H,22,23)/t10-/m0/s1. The van der Waals surface area contributed by atoms with Gasteiger partial charge in [0, 0.05) is 0 Å². The highest BCUT2D eigenvalue weighted by Crippen LogP contribution is 2.24. The Labute approximate surface area is 162 Å². The Balaban J connectivity index is 2.05. The van der Waals surface area contributed by atoms with Gasteiger partial charge in [-0.1, -0.05) is 18.2 Å². The summed E-state index contributed by atoms with van der Waals surface area (Å²) in [5.74, 6) is -4.52. The predicted molar refractivity (Wildman–Crippen MR) is 89.3 cm³/mol. The van der Waals surface area contributed by atoms with Crippen LogP contribution in [0.5, 0.6) is 5.88 Å². The zero-order chi connectivity index (χ0) is 21.6. The van der Waals surface area contributed by atoms with Crippen LogP contribution in [0, 0.1) is 5.21 Å². The summed E-state index contributed by atoms with van der Waals surface area (Å²) in [6, 6.07) is 5.29. The van der Waals surface area contributed by atoms with Gasteiger partial charge in [-0.05, 0) is 17.0 Å². The first-order valence-electron chi connectivity index (χ1n) is 7.89. The number of aromatic nitrogens is 2. The van der Waals surface area contributed by atoms with E-state index >= 15 is 0 Å². The molecule has 1 atom stereocenters. The van der Waals surface area contributed by atoms with Crippen molar-refractivity contribution in [1.82, 2.24) is 10.5 Å². The molecule has 1 aromatic heterocycles. The molecule has 0 fully saturated rings. The Bertz CT molecular complexity index is 1000. The largest absolute Gasteiger partial charge is 0.481 e. The van der Waals surface area contributed by atoms with E-state index < -0.39 is 64.1 Å². The molecule has 29 heavy (non-hydrogen) atoms. The molecule has 2 rings (SSSR count). The highest BCUT2D eigenvalue weighted by molar-refractivity contribution is 7.91. The van der Waals surface area contributed by atoms with Gasteiger partial charge in [-0.3, -0.25) is 14.2 Å². The summed E-state index contributed by atoms with van der Waals surface area (Å²) in [5.41, 5.74) is 0. The van der Waals surface area contributed by atoms with Crippen LogP contribution in [0.2, 0.25) is 0 Å². The molecule has 0 aliphatic heterocycles. The molecule has 14 heteroatoms. The number of carboxylic acids is 2. The van der Waals surface area contributed by atoms with Gasteiger partial charge in [0.05, 0.1) is 22.9 Å². The number of carbonyl (C=O) groups is 3. The van der Waals surface area contributed by atoms with E-state index in [0.29, 0.717) is 0 Å². The van der Waals surface area contributed by atoms with Gasteiger partial charge in [-0.2, -0.15) is 0 Å². The Morgan fingerprint density at radius 3 is 2.48 bits per heavy atom. The number of hydrogen-bond donors (Lipinski definition) is 3. The van der Waals surface area contributed by atoms with Gasteiger partial charge in [0.2, 0.25) is 5.91 Å². The van der Waals surface area contributed by atoms with E-state index in [9.17, 15) is 28.0 Å². The van der Waals surface area contributed by atoms with Crippen molar-refractivity contribution >= 4 is 27.7 Å². The number of ether oxygens (including phenoxy) is 1. The summed E-state index contributed by atoms with van der Waals surface area (Å²) in [6.45, 7) is -0.491. The van der Waals surface area contributed by atoms with E-state index in [-0.39, 0.29) is 9.80 Å². The summed E-state index contributed by atoms with van der Waals surface area (Å²) >= 11 is 0. The maximum absolute atomic E-state index is 12.6. The van der Waals surface area contributed by atoms with Crippen molar-refractivity contribution in [3.8, 4) is 5.88 Å². The topological polar surface area (TPSA) is 200 Å². The van der Waals surface area contributed by atoms with Gasteiger partial charge in [0.1, 0.15) is 12.6 Å². The highest BCUT2D eigenvalue weighted by Gasteiger charge is 2.35. The van der Waals surface area contributed by atoms with E-state index in [4.69, 9.17) is 14.9 Å². The fourth-order valence-electron chi connectivity index (χ4n) is 2.12. The molecule has 1 aromatic carbocycles. The highest BCUT2D eigenvalue weighted by atomic mass is 32.2. The monoisotopic (exact) mass is 429 g/mol. The first kappa shape index (κ1) is 21.6. The van der Waals surface area contributed by atoms with Crippen LogP contribution in [0.25, 0.3) is 0 Å². The van der Waals surface area contributed by atoms with Crippen LogP contribution >= 0.6 is 0 Å². The van der Waals surface area contributed by atoms with Crippen molar-refractivity contribution < 1.29 is 47.3 Å². The number of carboxylic acid groups (broad SMARTS) is 2. The number of nitrogens with zero attached hydrogens (tertiary/aromatic N) is 2. The van der Waals surface area contributed by atoms with Gasteiger partial charge in [0.25, 0.3) is 9.84 Å². The fourth-order valence-corrected chi connectivity index (χ4v) is 3.42. The Morgan fingerprint density at radius 2 is 1.90 bits per heavy atom. The van der Waals surface area contributed by atoms with Gasteiger partial charge < -0.3 is 25.5 Å². The Hall–Kier alpha value is -3.68. The second-order valence-corrected chi connectivity index (χ2v) is 7.38. The number of amides is 1. The molecule has 0 aliphatic carbocycles. The summed E-state index contributed by atoms with van der Waals surface area (Å²) in [6.07, 6.45) is -1.30. The second kappa shape index (κ2) is 9.01. The maximum atomic E-state index is 12.6. The van der Waals surface area contributed by atoms with Crippen LogP contribution in [0.3, 0.4) is 0 Å². The van der Waals surface area contributed by atoms with Gasteiger partial charge in [-0.25, -0.2) is 13.2 Å². The molecule has 1 heterocycles. The third-order valence-electron chi connectivity index (χ3n) is 3.43. The SMILES string of the molecule is O=C(O)C[C@H](NC(=O)CCOc1no[n+]([O-])c1S(=O)(=O)c1ccccc1)C(=O)O. The molecule has 0 saturated carbocycles. The van der Waals surface area contributed by atoms with Crippen LogP contribution in [0.15, 0.2) is 44.9 Å². The van der Waals surface area contributed by atoms with Crippen molar-refractivity contribution in [2.45, 2.75) is 28.8 Å². The predicted octanol–water partition coefficient (Wildman–Crippen LogP) is -1.05. The quantitative estimate of drug-likeness (QED) is 0.389. The van der Waals surface area contributed by atoms with Crippen molar-refractivity contribution in [1.29, 1.82) is 0 Å². The number of carbonyl (C=O) groups excluding carboxylic acids is 1. The van der Waals surface area contributed by atoms with E-state index in [0.717, 1.165) is 0 Å². The molecule has 0 saturated heterocycles. The molecule has 0 bridgehead atoms. The molecular weight excluding hydrogens is 414 g/mol. The number of aliphatic carboxylic acids is 2.